The number of rotatable bonds is 8. The highest BCUT2D eigenvalue weighted by Crippen LogP contribution is 2.38. The summed E-state index contributed by atoms with van der Waals surface area (Å²) in [5, 5.41) is 19.1. The first-order valence-corrected chi connectivity index (χ1v) is 12.0. The quantitative estimate of drug-likeness (QED) is 0.429. The third-order valence-electron chi connectivity index (χ3n) is 3.20. The number of benzene rings is 2. The summed E-state index contributed by atoms with van der Waals surface area (Å²) in [6.07, 6.45) is 0. The third kappa shape index (κ3) is 5.56. The van der Waals surface area contributed by atoms with E-state index in [1.807, 2.05) is 0 Å². The molecule has 2 aromatic carbocycles. The Morgan fingerprint density at radius 1 is 0.731 bits per heavy atom. The number of aliphatic hydroxyl groups excluding tert-OH is 2. The molecule has 0 amide bonds. The molecule has 0 radical (unpaired) electrons. The van der Waals surface area contributed by atoms with Gasteiger partial charge in [-0.3, -0.25) is 0 Å². The van der Waals surface area contributed by atoms with E-state index in [2.05, 4.69) is 63.7 Å². The summed E-state index contributed by atoms with van der Waals surface area (Å²) >= 11 is 13.7. The minimum absolute atomic E-state index is 0.0933. The molecular formula is C16H15Br4O5P. The lowest BCUT2D eigenvalue weighted by Gasteiger charge is -2.13. The van der Waals surface area contributed by atoms with Gasteiger partial charge in [0.05, 0.1) is 31.1 Å². The molecule has 26 heavy (non-hydrogen) atoms. The van der Waals surface area contributed by atoms with Gasteiger partial charge in [0, 0.05) is 10.6 Å². The van der Waals surface area contributed by atoms with Crippen LogP contribution in [0.5, 0.6) is 11.5 Å². The van der Waals surface area contributed by atoms with Gasteiger partial charge >= 0.3 is 0 Å². The van der Waals surface area contributed by atoms with E-state index >= 15 is 0 Å². The average Bonchev–Trinajstić information content (AvgIpc) is 2.59. The Kier molecular flexibility index (Phi) is 9.13. The molecule has 0 aliphatic heterocycles. The second kappa shape index (κ2) is 10.6. The molecule has 0 spiro atoms. The molecule has 0 atom stereocenters. The van der Waals surface area contributed by atoms with Crippen LogP contribution in [0, 0.1) is 0 Å². The van der Waals surface area contributed by atoms with E-state index in [0.717, 1.165) is 0 Å². The fourth-order valence-electron chi connectivity index (χ4n) is 2.12. The Hall–Kier alpha value is 0.110. The Morgan fingerprint density at radius 2 is 1.04 bits per heavy atom. The zero-order valence-corrected chi connectivity index (χ0v) is 20.6. The summed E-state index contributed by atoms with van der Waals surface area (Å²) in [7, 11) is -2.29. The topological polar surface area (TPSA) is 76.0 Å². The standard InChI is InChI=1S/C16H15Br4O5P/c17-11-5-9(6-12(18)15(11)24-3-1-21)26(23)10-7-13(19)16(14(20)8-10)25-4-2-22/h5-8,21-22,26H,1-4H2. The second-order valence-electron chi connectivity index (χ2n) is 5.01. The second-order valence-corrected chi connectivity index (χ2v) is 10.2. The fraction of sp³-hybridized carbons (Fsp3) is 0.250. The SMILES string of the molecule is O=[PH](c1cc(Br)c(OCCO)c(Br)c1)c1cc(Br)c(OCCO)c(Br)c1. The van der Waals surface area contributed by atoms with Gasteiger partial charge in [0.25, 0.3) is 0 Å². The van der Waals surface area contributed by atoms with Gasteiger partial charge in [0.15, 0.2) is 0 Å². The van der Waals surface area contributed by atoms with Crippen molar-refractivity contribution in [1.82, 2.24) is 0 Å². The van der Waals surface area contributed by atoms with Gasteiger partial charge in [-0.25, -0.2) is 0 Å². The number of hydrogen-bond donors (Lipinski definition) is 2. The zero-order valence-electron chi connectivity index (χ0n) is 13.3. The summed E-state index contributed by atoms with van der Waals surface area (Å²) in [5.41, 5.74) is 0. The molecular weight excluding hydrogens is 623 g/mol. The van der Waals surface area contributed by atoms with Crippen LogP contribution in [0.1, 0.15) is 0 Å². The van der Waals surface area contributed by atoms with Gasteiger partial charge in [-0.15, -0.1) is 0 Å². The van der Waals surface area contributed by atoms with Crippen molar-refractivity contribution in [2.45, 2.75) is 0 Å². The molecule has 0 fully saturated rings. The van der Waals surface area contributed by atoms with E-state index in [9.17, 15) is 4.57 Å². The number of hydrogen-bond acceptors (Lipinski definition) is 5. The van der Waals surface area contributed by atoms with Gasteiger partial charge < -0.3 is 24.3 Å². The van der Waals surface area contributed by atoms with Crippen LogP contribution in [0.15, 0.2) is 42.2 Å². The van der Waals surface area contributed by atoms with Gasteiger partial charge in [-0.1, -0.05) is 0 Å². The van der Waals surface area contributed by atoms with E-state index in [4.69, 9.17) is 19.7 Å². The Labute approximate surface area is 185 Å². The van der Waals surface area contributed by atoms with Crippen LogP contribution in [-0.2, 0) is 4.57 Å². The van der Waals surface area contributed by atoms with Crippen molar-refractivity contribution in [3.8, 4) is 11.5 Å². The molecule has 10 heteroatoms. The summed E-state index contributed by atoms with van der Waals surface area (Å²) in [6, 6.07) is 6.99. The molecule has 2 rings (SSSR count). The van der Waals surface area contributed by atoms with Crippen LogP contribution in [0.4, 0.5) is 0 Å². The lowest BCUT2D eigenvalue weighted by atomic mass is 10.3. The van der Waals surface area contributed by atoms with Gasteiger partial charge in [0.2, 0.25) is 0 Å². The van der Waals surface area contributed by atoms with Crippen molar-refractivity contribution in [1.29, 1.82) is 0 Å². The molecule has 0 aliphatic rings. The first kappa shape index (κ1) is 22.4. The highest BCUT2D eigenvalue weighted by atomic mass is 79.9. The predicted octanol–water partition coefficient (Wildman–Crippen LogP) is 3.99. The van der Waals surface area contributed by atoms with Crippen molar-refractivity contribution in [3.05, 3.63) is 42.2 Å². The minimum atomic E-state index is -2.29. The van der Waals surface area contributed by atoms with Crippen LogP contribution in [0.3, 0.4) is 0 Å². The largest absolute Gasteiger partial charge is 0.489 e. The maximum Gasteiger partial charge on any atom is 0.147 e. The summed E-state index contributed by atoms with van der Waals surface area (Å²) < 4.78 is 26.6. The van der Waals surface area contributed by atoms with Crippen molar-refractivity contribution in [2.24, 2.45) is 0 Å². The molecule has 0 bridgehead atoms. The molecule has 2 N–H and O–H groups in total. The highest BCUT2D eigenvalue weighted by molar-refractivity contribution is 9.11. The van der Waals surface area contributed by atoms with Crippen LogP contribution in [0.25, 0.3) is 0 Å². The predicted molar refractivity (Wildman–Crippen MR) is 117 cm³/mol. The number of ether oxygens (including phenoxy) is 2. The van der Waals surface area contributed by atoms with Crippen molar-refractivity contribution >= 4 is 82.1 Å². The molecule has 5 nitrogen and oxygen atoms in total. The van der Waals surface area contributed by atoms with Crippen molar-refractivity contribution in [3.63, 3.8) is 0 Å². The summed E-state index contributed by atoms with van der Waals surface area (Å²) in [5.74, 6) is 1.10. The first-order chi connectivity index (χ1) is 12.4. The lowest BCUT2D eigenvalue weighted by molar-refractivity contribution is 0.200. The number of halogens is 4. The molecule has 2 aromatic rings. The molecule has 0 aromatic heterocycles. The van der Waals surface area contributed by atoms with Crippen molar-refractivity contribution < 1.29 is 24.3 Å². The van der Waals surface area contributed by atoms with Crippen LogP contribution in [0.2, 0.25) is 0 Å². The maximum atomic E-state index is 13.0. The van der Waals surface area contributed by atoms with E-state index in [-0.39, 0.29) is 26.4 Å². The van der Waals surface area contributed by atoms with Gasteiger partial charge in [-0.2, -0.15) is 0 Å². The van der Waals surface area contributed by atoms with E-state index < -0.39 is 7.80 Å². The molecule has 0 heterocycles. The Balaban J connectivity index is 2.34. The maximum absolute atomic E-state index is 13.0. The summed E-state index contributed by atoms with van der Waals surface area (Å²) in [4.78, 5) is 0. The first-order valence-electron chi connectivity index (χ1n) is 7.39. The smallest absolute Gasteiger partial charge is 0.147 e. The molecule has 0 saturated carbocycles. The lowest BCUT2D eigenvalue weighted by Crippen LogP contribution is -2.10. The van der Waals surface area contributed by atoms with E-state index in [1.165, 1.54) is 0 Å². The fourth-order valence-corrected chi connectivity index (χ4v) is 7.23. The normalized spacial score (nSPS) is 11.0. The highest BCUT2D eigenvalue weighted by Gasteiger charge is 2.17. The van der Waals surface area contributed by atoms with E-state index in [0.29, 0.717) is 40.0 Å². The van der Waals surface area contributed by atoms with Crippen molar-refractivity contribution in [2.75, 3.05) is 26.4 Å². The Bertz CT molecular complexity index is 704. The van der Waals surface area contributed by atoms with Gasteiger partial charge in [-0.05, 0) is 88.0 Å². The number of aliphatic hydroxyl groups is 2. The van der Waals surface area contributed by atoms with Crippen LogP contribution in [-0.4, -0.2) is 36.6 Å². The molecule has 142 valence electrons. The monoisotopic (exact) mass is 634 g/mol. The third-order valence-corrected chi connectivity index (χ3v) is 7.18. The van der Waals surface area contributed by atoms with Crippen LogP contribution >= 0.6 is 71.5 Å². The minimum Gasteiger partial charge on any atom is -0.489 e. The van der Waals surface area contributed by atoms with E-state index in [1.54, 1.807) is 24.3 Å². The van der Waals surface area contributed by atoms with Crippen LogP contribution < -0.4 is 20.1 Å². The molecule has 0 aliphatic carbocycles. The average molecular weight is 638 g/mol. The Morgan fingerprint density at radius 3 is 1.31 bits per heavy atom. The zero-order chi connectivity index (χ0) is 19.3. The molecule has 0 saturated heterocycles. The summed E-state index contributed by atoms with van der Waals surface area (Å²) in [6.45, 7) is 0.149. The molecule has 0 unspecified atom stereocenters. The van der Waals surface area contributed by atoms with Gasteiger partial charge in [0.1, 0.15) is 32.5 Å².